The Morgan fingerprint density at radius 2 is 1.69 bits per heavy atom. The minimum Gasteiger partial charge on any atom is -0.376 e. The van der Waals surface area contributed by atoms with Crippen molar-refractivity contribution in [1.82, 2.24) is 0 Å². The molecule has 0 saturated heterocycles. The Hall–Kier alpha value is -1.60. The van der Waals surface area contributed by atoms with E-state index in [2.05, 4.69) is 89.3 Å². The van der Waals surface area contributed by atoms with Gasteiger partial charge in [-0.25, -0.2) is 0 Å². The molecule has 29 heavy (non-hydrogen) atoms. The lowest BCUT2D eigenvalue weighted by Gasteiger charge is -2.66. The summed E-state index contributed by atoms with van der Waals surface area (Å²) in [6.45, 7) is 12.2. The van der Waals surface area contributed by atoms with E-state index >= 15 is 0 Å². The summed E-state index contributed by atoms with van der Waals surface area (Å²) in [7, 11) is 0. The Labute approximate surface area is 177 Å². The second-order valence-corrected chi connectivity index (χ2v) is 10.9. The van der Waals surface area contributed by atoms with Crippen LogP contribution >= 0.6 is 0 Å². The SMILES string of the molecule is CC(C)(C)OCCCCCCC1=CC2(C=C1)CC1(C=Cc3ccccc31)C2(C)C. The van der Waals surface area contributed by atoms with Crippen molar-refractivity contribution < 1.29 is 4.74 Å². The Kier molecular flexibility index (Phi) is 5.18. The largest absolute Gasteiger partial charge is 0.376 e. The van der Waals surface area contributed by atoms with E-state index in [0.717, 1.165) is 6.61 Å². The van der Waals surface area contributed by atoms with E-state index < -0.39 is 0 Å². The molecule has 0 bridgehead atoms. The zero-order valence-corrected chi connectivity index (χ0v) is 19.1. The first-order chi connectivity index (χ1) is 13.7. The smallest absolute Gasteiger partial charge is 0.0598 e. The molecular weight excluding hydrogens is 352 g/mol. The summed E-state index contributed by atoms with van der Waals surface area (Å²) < 4.78 is 5.82. The number of fused-ring (bicyclic) bond motifs is 2. The molecule has 1 heteroatoms. The van der Waals surface area contributed by atoms with Crippen LogP contribution in [0, 0.1) is 10.8 Å². The van der Waals surface area contributed by atoms with Gasteiger partial charge in [-0.05, 0) is 63.0 Å². The molecule has 1 aromatic carbocycles. The minimum absolute atomic E-state index is 0.00424. The molecule has 0 radical (unpaired) electrons. The predicted molar refractivity (Wildman–Crippen MR) is 124 cm³/mol. The first-order valence-electron chi connectivity index (χ1n) is 11.5. The van der Waals surface area contributed by atoms with Crippen LogP contribution in [0.4, 0.5) is 0 Å². The summed E-state index contributed by atoms with van der Waals surface area (Å²) in [6, 6.07) is 8.97. The number of unbranched alkanes of at least 4 members (excludes halogenated alkanes) is 3. The molecule has 2 unspecified atom stereocenters. The molecule has 1 nitrogen and oxygen atoms in total. The third kappa shape index (κ3) is 3.46. The number of ether oxygens (including phenoxy) is 1. The first-order valence-corrected chi connectivity index (χ1v) is 11.5. The van der Waals surface area contributed by atoms with E-state index in [9.17, 15) is 0 Å². The Morgan fingerprint density at radius 3 is 2.45 bits per heavy atom. The number of rotatable bonds is 7. The Morgan fingerprint density at radius 1 is 0.931 bits per heavy atom. The van der Waals surface area contributed by atoms with Crippen LogP contribution in [0.3, 0.4) is 0 Å². The van der Waals surface area contributed by atoms with E-state index in [1.807, 2.05) is 0 Å². The van der Waals surface area contributed by atoms with Gasteiger partial charge in [-0.15, -0.1) is 0 Å². The molecule has 2 atom stereocenters. The lowest BCUT2D eigenvalue weighted by molar-refractivity contribution is -0.0478. The van der Waals surface area contributed by atoms with Crippen molar-refractivity contribution in [1.29, 1.82) is 0 Å². The van der Waals surface area contributed by atoms with E-state index in [4.69, 9.17) is 4.74 Å². The van der Waals surface area contributed by atoms with Crippen LogP contribution in [0.25, 0.3) is 6.08 Å². The fourth-order valence-corrected chi connectivity index (χ4v) is 5.78. The zero-order chi connectivity index (χ0) is 20.8. The number of hydrogen-bond donors (Lipinski definition) is 0. The third-order valence-corrected chi connectivity index (χ3v) is 7.77. The van der Waals surface area contributed by atoms with E-state index in [-0.39, 0.29) is 21.8 Å². The summed E-state index contributed by atoms with van der Waals surface area (Å²) in [5, 5.41) is 0. The molecule has 1 aromatic rings. The zero-order valence-electron chi connectivity index (χ0n) is 19.1. The van der Waals surface area contributed by atoms with Crippen LogP contribution in [0.2, 0.25) is 0 Å². The van der Waals surface area contributed by atoms with Crippen LogP contribution in [0.15, 0.2) is 54.1 Å². The molecule has 2 spiro atoms. The molecule has 3 aliphatic carbocycles. The number of allylic oxidation sites excluding steroid dienone is 5. The fourth-order valence-electron chi connectivity index (χ4n) is 5.78. The molecule has 3 aliphatic rings. The quantitative estimate of drug-likeness (QED) is 0.435. The van der Waals surface area contributed by atoms with E-state index in [1.165, 1.54) is 49.7 Å². The van der Waals surface area contributed by atoms with Crippen molar-refractivity contribution in [2.75, 3.05) is 6.61 Å². The van der Waals surface area contributed by atoms with E-state index in [1.54, 1.807) is 5.57 Å². The molecule has 0 aromatic heterocycles. The predicted octanol–water partition coefficient (Wildman–Crippen LogP) is 7.63. The maximum Gasteiger partial charge on any atom is 0.0598 e. The van der Waals surface area contributed by atoms with Gasteiger partial charge in [-0.2, -0.15) is 0 Å². The minimum atomic E-state index is -0.00424. The van der Waals surface area contributed by atoms with Crippen molar-refractivity contribution in [3.05, 3.63) is 65.3 Å². The molecular formula is C28H38O. The van der Waals surface area contributed by atoms with Crippen LogP contribution in [0.5, 0.6) is 0 Å². The Balaban J connectivity index is 1.31. The summed E-state index contributed by atoms with van der Waals surface area (Å²) in [4.78, 5) is 0. The van der Waals surface area contributed by atoms with Crippen LogP contribution in [-0.2, 0) is 10.2 Å². The van der Waals surface area contributed by atoms with E-state index in [0.29, 0.717) is 0 Å². The lowest BCUT2D eigenvalue weighted by Crippen LogP contribution is -2.62. The average Bonchev–Trinajstić information content (AvgIpc) is 3.26. The summed E-state index contributed by atoms with van der Waals surface area (Å²) >= 11 is 0. The van der Waals surface area contributed by atoms with Gasteiger partial charge in [0.2, 0.25) is 0 Å². The van der Waals surface area contributed by atoms with Crippen molar-refractivity contribution >= 4 is 6.08 Å². The summed E-state index contributed by atoms with van der Waals surface area (Å²) in [6.07, 6.45) is 19.8. The van der Waals surface area contributed by atoms with Gasteiger partial charge in [0.05, 0.1) is 5.60 Å². The third-order valence-electron chi connectivity index (χ3n) is 7.77. The van der Waals surface area contributed by atoms with Gasteiger partial charge in [0.1, 0.15) is 0 Å². The van der Waals surface area contributed by atoms with Crippen LogP contribution < -0.4 is 0 Å². The molecule has 4 rings (SSSR count). The second kappa shape index (κ2) is 7.27. The summed E-state index contributed by atoms with van der Waals surface area (Å²) in [5.74, 6) is 0. The van der Waals surface area contributed by atoms with Gasteiger partial charge in [0, 0.05) is 17.4 Å². The monoisotopic (exact) mass is 390 g/mol. The van der Waals surface area contributed by atoms with Gasteiger partial charge in [-0.3, -0.25) is 0 Å². The maximum atomic E-state index is 5.82. The van der Waals surface area contributed by atoms with Gasteiger partial charge in [0.25, 0.3) is 0 Å². The molecule has 0 amide bonds. The molecule has 1 fully saturated rings. The van der Waals surface area contributed by atoms with Crippen LogP contribution in [-0.4, -0.2) is 12.2 Å². The topological polar surface area (TPSA) is 9.23 Å². The van der Waals surface area contributed by atoms with Crippen molar-refractivity contribution in [2.45, 2.75) is 84.2 Å². The van der Waals surface area contributed by atoms with Crippen molar-refractivity contribution in [3.8, 4) is 0 Å². The normalized spacial score (nSPS) is 28.8. The van der Waals surface area contributed by atoms with Gasteiger partial charge in [0.15, 0.2) is 0 Å². The summed E-state index contributed by atoms with van der Waals surface area (Å²) in [5.41, 5.74) is 5.13. The van der Waals surface area contributed by atoms with Crippen LogP contribution in [0.1, 0.15) is 84.3 Å². The molecule has 156 valence electrons. The number of benzene rings is 1. The fraction of sp³-hybridized carbons (Fsp3) is 0.571. The maximum absolute atomic E-state index is 5.82. The molecule has 0 heterocycles. The lowest BCUT2D eigenvalue weighted by atomic mass is 9.37. The molecule has 1 saturated carbocycles. The highest BCUT2D eigenvalue weighted by atomic mass is 16.5. The van der Waals surface area contributed by atoms with Gasteiger partial charge in [-0.1, -0.05) is 86.9 Å². The van der Waals surface area contributed by atoms with Crippen molar-refractivity contribution in [3.63, 3.8) is 0 Å². The highest BCUT2D eigenvalue weighted by Gasteiger charge is 2.67. The highest BCUT2D eigenvalue weighted by Crippen LogP contribution is 2.73. The van der Waals surface area contributed by atoms with Crippen molar-refractivity contribution in [2.24, 2.45) is 10.8 Å². The first kappa shape index (κ1) is 20.7. The van der Waals surface area contributed by atoms with Gasteiger partial charge < -0.3 is 4.74 Å². The highest BCUT2D eigenvalue weighted by molar-refractivity contribution is 5.69. The Bertz CT molecular complexity index is 847. The standard InChI is InChI=1S/C28H38O/c1-25(2,3)29-19-11-7-6-8-12-22-15-17-27(20-22)21-28(26(27,4)5)18-16-23-13-9-10-14-24(23)28/h9-10,13-18,20H,6-8,11-12,19,21H2,1-5H3. The van der Waals surface area contributed by atoms with Gasteiger partial charge >= 0.3 is 0 Å². The molecule has 0 N–H and O–H groups in total. The molecule has 0 aliphatic heterocycles. The average molecular weight is 391 g/mol. The second-order valence-electron chi connectivity index (χ2n) is 10.9. The number of hydrogen-bond acceptors (Lipinski definition) is 1.